The summed E-state index contributed by atoms with van der Waals surface area (Å²) in [5, 5.41) is 9.80. The van der Waals surface area contributed by atoms with Crippen molar-refractivity contribution >= 4 is 5.91 Å². The second-order valence-corrected chi connectivity index (χ2v) is 5.69. The zero-order valence-corrected chi connectivity index (χ0v) is 12.2. The van der Waals surface area contributed by atoms with Gasteiger partial charge in [-0.3, -0.25) is 9.69 Å². The summed E-state index contributed by atoms with van der Waals surface area (Å²) in [4.78, 5) is 16.2. The summed E-state index contributed by atoms with van der Waals surface area (Å²) in [7, 11) is 0. The van der Waals surface area contributed by atoms with Crippen LogP contribution in [0.15, 0.2) is 0 Å². The quantitative estimate of drug-likeness (QED) is 0.807. The summed E-state index contributed by atoms with van der Waals surface area (Å²) >= 11 is 0. The Hall–Kier alpha value is -0.610. The summed E-state index contributed by atoms with van der Waals surface area (Å²) in [5.74, 6) is -0.109. The zero-order chi connectivity index (χ0) is 13.7. The minimum atomic E-state index is -0.843. The minimum absolute atomic E-state index is 0.00505. The van der Waals surface area contributed by atoms with Gasteiger partial charge in [-0.15, -0.1) is 0 Å². The molecule has 1 N–H and O–H groups in total. The number of carbonyl (C=O) groups is 1. The van der Waals surface area contributed by atoms with Gasteiger partial charge in [0.05, 0.1) is 0 Å². The highest BCUT2D eigenvalue weighted by Crippen LogP contribution is 2.13. The molecule has 1 rings (SSSR count). The van der Waals surface area contributed by atoms with Gasteiger partial charge in [-0.05, 0) is 19.3 Å². The molecular weight excluding hydrogens is 228 g/mol. The first-order chi connectivity index (χ1) is 8.47. The standard InChI is InChI=1S/C14H28N2O2/c1-5-6-12(4)15-7-9-16(10-8-15)14(18)13(17)11(2)3/h11-13,17H,5-10H2,1-4H3. The summed E-state index contributed by atoms with van der Waals surface area (Å²) in [6, 6.07) is 0.599. The molecule has 106 valence electrons. The summed E-state index contributed by atoms with van der Waals surface area (Å²) in [5.41, 5.74) is 0. The first-order valence-electron chi connectivity index (χ1n) is 7.18. The molecule has 1 saturated heterocycles. The van der Waals surface area contributed by atoms with Crippen molar-refractivity contribution in [3.05, 3.63) is 0 Å². The van der Waals surface area contributed by atoms with E-state index in [-0.39, 0.29) is 11.8 Å². The van der Waals surface area contributed by atoms with Crippen LogP contribution in [0.25, 0.3) is 0 Å². The van der Waals surface area contributed by atoms with Crippen molar-refractivity contribution in [1.82, 2.24) is 9.80 Å². The lowest BCUT2D eigenvalue weighted by Crippen LogP contribution is -2.54. The number of piperazine rings is 1. The van der Waals surface area contributed by atoms with Gasteiger partial charge >= 0.3 is 0 Å². The van der Waals surface area contributed by atoms with Gasteiger partial charge in [0, 0.05) is 32.2 Å². The van der Waals surface area contributed by atoms with Crippen LogP contribution in [-0.2, 0) is 4.79 Å². The lowest BCUT2D eigenvalue weighted by atomic mass is 10.1. The summed E-state index contributed by atoms with van der Waals surface area (Å²) in [6.45, 7) is 11.6. The third-order valence-electron chi connectivity index (χ3n) is 3.84. The predicted molar refractivity (Wildman–Crippen MR) is 73.4 cm³/mol. The molecule has 18 heavy (non-hydrogen) atoms. The van der Waals surface area contributed by atoms with E-state index in [0.29, 0.717) is 6.04 Å². The highest BCUT2D eigenvalue weighted by atomic mass is 16.3. The largest absolute Gasteiger partial charge is 0.383 e. The average molecular weight is 256 g/mol. The molecule has 1 aliphatic heterocycles. The van der Waals surface area contributed by atoms with E-state index >= 15 is 0 Å². The van der Waals surface area contributed by atoms with E-state index in [1.807, 2.05) is 13.8 Å². The highest BCUT2D eigenvalue weighted by Gasteiger charge is 2.28. The maximum atomic E-state index is 12.0. The third-order valence-corrected chi connectivity index (χ3v) is 3.84. The van der Waals surface area contributed by atoms with E-state index in [4.69, 9.17) is 0 Å². The van der Waals surface area contributed by atoms with Gasteiger partial charge in [0.25, 0.3) is 5.91 Å². The van der Waals surface area contributed by atoms with Crippen molar-refractivity contribution in [3.8, 4) is 0 Å². The number of carbonyl (C=O) groups excluding carboxylic acids is 1. The Morgan fingerprint density at radius 3 is 2.17 bits per heavy atom. The van der Waals surface area contributed by atoms with Crippen molar-refractivity contribution in [2.75, 3.05) is 26.2 Å². The molecule has 0 aromatic heterocycles. The molecule has 0 aliphatic carbocycles. The first-order valence-corrected chi connectivity index (χ1v) is 7.18. The number of hydrogen-bond acceptors (Lipinski definition) is 3. The summed E-state index contributed by atoms with van der Waals surface area (Å²) < 4.78 is 0. The summed E-state index contributed by atoms with van der Waals surface area (Å²) in [6.07, 6.45) is 1.57. The van der Waals surface area contributed by atoms with Crippen LogP contribution in [0, 0.1) is 5.92 Å². The second kappa shape index (κ2) is 7.10. The van der Waals surface area contributed by atoms with Gasteiger partial charge in [-0.1, -0.05) is 27.2 Å². The topological polar surface area (TPSA) is 43.8 Å². The number of nitrogens with zero attached hydrogens (tertiary/aromatic N) is 2. The number of aliphatic hydroxyl groups excluding tert-OH is 1. The van der Waals surface area contributed by atoms with E-state index in [9.17, 15) is 9.90 Å². The smallest absolute Gasteiger partial charge is 0.251 e. The molecule has 4 heteroatoms. The molecule has 1 aliphatic rings. The maximum Gasteiger partial charge on any atom is 0.251 e. The van der Waals surface area contributed by atoms with Gasteiger partial charge in [0.1, 0.15) is 6.10 Å². The molecule has 2 unspecified atom stereocenters. The van der Waals surface area contributed by atoms with Crippen LogP contribution in [-0.4, -0.2) is 59.1 Å². The molecule has 4 nitrogen and oxygen atoms in total. The number of hydrogen-bond donors (Lipinski definition) is 1. The molecule has 0 aromatic rings. The first kappa shape index (κ1) is 15.4. The van der Waals surface area contributed by atoms with Gasteiger partial charge in [-0.25, -0.2) is 0 Å². The molecule has 0 saturated carbocycles. The fraction of sp³-hybridized carbons (Fsp3) is 0.929. The maximum absolute atomic E-state index is 12.0. The van der Waals surface area contributed by atoms with E-state index in [1.54, 1.807) is 4.90 Å². The van der Waals surface area contributed by atoms with Crippen LogP contribution < -0.4 is 0 Å². The Morgan fingerprint density at radius 1 is 1.17 bits per heavy atom. The van der Waals surface area contributed by atoms with Crippen LogP contribution >= 0.6 is 0 Å². The molecule has 1 amide bonds. The number of aliphatic hydroxyl groups is 1. The molecule has 2 atom stereocenters. The molecule has 0 bridgehead atoms. The molecule has 1 heterocycles. The van der Waals surface area contributed by atoms with Crippen molar-refractivity contribution < 1.29 is 9.90 Å². The Balaban J connectivity index is 2.41. The molecular formula is C14H28N2O2. The van der Waals surface area contributed by atoms with E-state index in [0.717, 1.165) is 26.2 Å². The predicted octanol–water partition coefficient (Wildman–Crippen LogP) is 1.34. The lowest BCUT2D eigenvalue weighted by molar-refractivity contribution is -0.144. The normalized spacial score (nSPS) is 21.1. The Morgan fingerprint density at radius 2 is 1.72 bits per heavy atom. The molecule has 1 fully saturated rings. The Kier molecular flexibility index (Phi) is 6.09. The SMILES string of the molecule is CCCC(C)N1CCN(C(=O)C(O)C(C)C)CC1. The monoisotopic (exact) mass is 256 g/mol. The number of rotatable bonds is 5. The second-order valence-electron chi connectivity index (χ2n) is 5.69. The van der Waals surface area contributed by atoms with Gasteiger partial charge in [-0.2, -0.15) is 0 Å². The molecule has 0 spiro atoms. The van der Waals surface area contributed by atoms with Crippen LogP contribution in [0.3, 0.4) is 0 Å². The highest BCUT2D eigenvalue weighted by molar-refractivity contribution is 5.81. The Bertz CT molecular complexity index is 261. The Labute approximate surface area is 111 Å². The fourth-order valence-corrected chi connectivity index (χ4v) is 2.46. The van der Waals surface area contributed by atoms with Crippen LogP contribution in [0.1, 0.15) is 40.5 Å². The third kappa shape index (κ3) is 3.95. The average Bonchev–Trinajstić information content (AvgIpc) is 2.37. The van der Waals surface area contributed by atoms with Gasteiger partial charge < -0.3 is 10.0 Å². The minimum Gasteiger partial charge on any atom is -0.383 e. The molecule has 0 radical (unpaired) electrons. The van der Waals surface area contributed by atoms with Crippen molar-refractivity contribution in [3.63, 3.8) is 0 Å². The fourth-order valence-electron chi connectivity index (χ4n) is 2.46. The zero-order valence-electron chi connectivity index (χ0n) is 12.2. The van der Waals surface area contributed by atoms with E-state index in [1.165, 1.54) is 12.8 Å². The van der Waals surface area contributed by atoms with E-state index in [2.05, 4.69) is 18.7 Å². The van der Waals surface area contributed by atoms with Crippen LogP contribution in [0.2, 0.25) is 0 Å². The van der Waals surface area contributed by atoms with Crippen molar-refractivity contribution in [2.24, 2.45) is 5.92 Å². The van der Waals surface area contributed by atoms with Crippen molar-refractivity contribution in [2.45, 2.75) is 52.7 Å². The van der Waals surface area contributed by atoms with Crippen molar-refractivity contribution in [1.29, 1.82) is 0 Å². The lowest BCUT2D eigenvalue weighted by Gasteiger charge is -2.39. The van der Waals surface area contributed by atoms with Crippen LogP contribution in [0.4, 0.5) is 0 Å². The van der Waals surface area contributed by atoms with Crippen LogP contribution in [0.5, 0.6) is 0 Å². The van der Waals surface area contributed by atoms with E-state index < -0.39 is 6.10 Å². The molecule has 0 aromatic carbocycles. The van der Waals surface area contributed by atoms with Gasteiger partial charge in [0.2, 0.25) is 0 Å². The number of amides is 1. The van der Waals surface area contributed by atoms with Gasteiger partial charge in [0.15, 0.2) is 0 Å².